The zero-order valence-electron chi connectivity index (χ0n) is 21.7. The van der Waals surface area contributed by atoms with Crippen molar-refractivity contribution in [1.29, 1.82) is 0 Å². The maximum atomic E-state index is 14.3. The average molecular weight is 536 g/mol. The van der Waals surface area contributed by atoms with Gasteiger partial charge in [0.2, 0.25) is 0 Å². The number of hydrogen-bond donors (Lipinski definition) is 3. The Hall–Kier alpha value is -4.83. The molecule has 6 heterocycles. The average Bonchev–Trinajstić information content (AvgIpc) is 3.61. The number of piperidine rings is 1. The molecule has 1 fully saturated rings. The van der Waals surface area contributed by atoms with Crippen molar-refractivity contribution in [2.24, 2.45) is 0 Å². The topological polar surface area (TPSA) is 114 Å². The van der Waals surface area contributed by atoms with Gasteiger partial charge in [-0.3, -0.25) is 20.1 Å². The minimum absolute atomic E-state index is 0.184. The Morgan fingerprint density at radius 2 is 1.70 bits per heavy atom. The molecule has 200 valence electrons. The molecule has 10 heteroatoms. The molecule has 9 nitrogen and oxygen atoms in total. The number of pyridine rings is 3. The molecule has 0 atom stereocenters. The van der Waals surface area contributed by atoms with Gasteiger partial charge in [0, 0.05) is 45.9 Å². The molecule has 1 aromatic carbocycles. The van der Waals surface area contributed by atoms with Crippen LogP contribution in [0.5, 0.6) is 11.5 Å². The molecular weight excluding hydrogens is 509 g/mol. The zero-order valence-corrected chi connectivity index (χ0v) is 21.7. The van der Waals surface area contributed by atoms with Crippen LogP contribution < -0.4 is 14.8 Å². The van der Waals surface area contributed by atoms with Gasteiger partial charge in [0.15, 0.2) is 0 Å². The number of fused-ring (bicyclic) bond motifs is 2. The molecule has 1 aliphatic rings. The van der Waals surface area contributed by atoms with E-state index in [0.29, 0.717) is 17.0 Å². The lowest BCUT2D eigenvalue weighted by Crippen LogP contribution is -2.34. The number of hydrogen-bond acceptors (Lipinski definition) is 7. The Morgan fingerprint density at radius 3 is 2.58 bits per heavy atom. The van der Waals surface area contributed by atoms with Crippen molar-refractivity contribution in [3.05, 3.63) is 73.1 Å². The smallest absolute Gasteiger partial charge is 0.138 e. The van der Waals surface area contributed by atoms with Gasteiger partial charge in [0.05, 0.1) is 42.1 Å². The summed E-state index contributed by atoms with van der Waals surface area (Å²) >= 11 is 0. The molecule has 5 aromatic heterocycles. The van der Waals surface area contributed by atoms with E-state index in [0.717, 1.165) is 76.1 Å². The minimum Gasteiger partial charge on any atom is -0.497 e. The van der Waals surface area contributed by atoms with Crippen molar-refractivity contribution < 1.29 is 13.9 Å². The van der Waals surface area contributed by atoms with E-state index in [-0.39, 0.29) is 11.9 Å². The Kier molecular flexibility index (Phi) is 6.09. The van der Waals surface area contributed by atoms with Crippen LogP contribution in [-0.2, 0) is 0 Å². The van der Waals surface area contributed by atoms with Crippen molar-refractivity contribution >= 4 is 21.8 Å². The normalized spacial score (nSPS) is 14.2. The van der Waals surface area contributed by atoms with Gasteiger partial charge in [0.1, 0.15) is 29.1 Å². The Morgan fingerprint density at radius 1 is 0.850 bits per heavy atom. The van der Waals surface area contributed by atoms with Crippen molar-refractivity contribution in [2.45, 2.75) is 18.9 Å². The second-order valence-electron chi connectivity index (χ2n) is 9.85. The number of halogens is 1. The minimum atomic E-state index is -0.387. The molecular formula is C30H26FN7O2. The molecule has 0 aliphatic carbocycles. The fourth-order valence-corrected chi connectivity index (χ4v) is 5.24. The quantitative estimate of drug-likeness (QED) is 0.258. The van der Waals surface area contributed by atoms with E-state index in [1.807, 2.05) is 24.3 Å². The highest BCUT2D eigenvalue weighted by Crippen LogP contribution is 2.35. The van der Waals surface area contributed by atoms with Crippen LogP contribution in [0.1, 0.15) is 12.8 Å². The van der Waals surface area contributed by atoms with E-state index in [1.165, 1.54) is 19.2 Å². The fourth-order valence-electron chi connectivity index (χ4n) is 5.24. The molecule has 0 bridgehead atoms. The number of aromatic nitrogens is 6. The highest BCUT2D eigenvalue weighted by Gasteiger charge is 2.18. The van der Waals surface area contributed by atoms with Crippen LogP contribution in [0.3, 0.4) is 0 Å². The zero-order chi connectivity index (χ0) is 27.1. The summed E-state index contributed by atoms with van der Waals surface area (Å²) in [7, 11) is 1.51. The number of H-pyrrole nitrogens is 2. The molecule has 1 aliphatic heterocycles. The summed E-state index contributed by atoms with van der Waals surface area (Å²) in [6.07, 6.45) is 9.14. The van der Waals surface area contributed by atoms with Crippen LogP contribution >= 0.6 is 0 Å². The number of rotatable bonds is 6. The third-order valence-electron chi connectivity index (χ3n) is 7.23. The Bertz CT molecular complexity index is 1840. The van der Waals surface area contributed by atoms with Crippen LogP contribution in [0, 0.1) is 5.82 Å². The Balaban J connectivity index is 1.26. The van der Waals surface area contributed by atoms with E-state index in [4.69, 9.17) is 9.47 Å². The second kappa shape index (κ2) is 10.0. The van der Waals surface area contributed by atoms with Crippen molar-refractivity contribution in [1.82, 2.24) is 35.5 Å². The highest BCUT2D eigenvalue weighted by atomic mass is 19.1. The number of nitrogens with one attached hydrogen (secondary N) is 3. The fraction of sp³-hybridized carbons (Fsp3) is 0.200. The molecule has 0 unspecified atom stereocenters. The number of ether oxygens (including phenoxy) is 2. The van der Waals surface area contributed by atoms with Crippen LogP contribution in [0.4, 0.5) is 4.39 Å². The number of methoxy groups -OCH3 is 1. The summed E-state index contributed by atoms with van der Waals surface area (Å²) < 4.78 is 25.7. The van der Waals surface area contributed by atoms with E-state index >= 15 is 0 Å². The molecule has 3 N–H and O–H groups in total. The first-order chi connectivity index (χ1) is 19.6. The molecule has 0 saturated carbocycles. The summed E-state index contributed by atoms with van der Waals surface area (Å²) in [5.74, 6) is 0.785. The van der Waals surface area contributed by atoms with Crippen molar-refractivity contribution in [3.8, 4) is 45.4 Å². The molecule has 1 saturated heterocycles. The van der Waals surface area contributed by atoms with Crippen LogP contribution in [0.2, 0.25) is 0 Å². The molecule has 6 aromatic rings. The van der Waals surface area contributed by atoms with Gasteiger partial charge in [-0.25, -0.2) is 4.39 Å². The summed E-state index contributed by atoms with van der Waals surface area (Å²) in [6.45, 7) is 1.92. The molecule has 0 radical (unpaired) electrons. The summed E-state index contributed by atoms with van der Waals surface area (Å²) in [6, 6.07) is 12.4. The second-order valence-corrected chi connectivity index (χ2v) is 9.85. The molecule has 40 heavy (non-hydrogen) atoms. The first-order valence-electron chi connectivity index (χ1n) is 13.1. The van der Waals surface area contributed by atoms with Crippen molar-refractivity contribution in [2.75, 3.05) is 20.2 Å². The van der Waals surface area contributed by atoms with Gasteiger partial charge in [-0.2, -0.15) is 5.10 Å². The van der Waals surface area contributed by atoms with Crippen LogP contribution in [-0.4, -0.2) is 56.4 Å². The van der Waals surface area contributed by atoms with Gasteiger partial charge >= 0.3 is 0 Å². The van der Waals surface area contributed by atoms with E-state index in [1.54, 1.807) is 30.9 Å². The SMILES string of the molecule is COc1cc(F)cc(-c2nccc3[nH]c(-c4n[nH]c5cnc(-c6cncc(OC7CCNCC7)c6)cc45)cc23)c1. The van der Waals surface area contributed by atoms with Gasteiger partial charge in [-0.15, -0.1) is 0 Å². The number of benzene rings is 1. The largest absolute Gasteiger partial charge is 0.497 e. The third kappa shape index (κ3) is 4.52. The van der Waals surface area contributed by atoms with Gasteiger partial charge < -0.3 is 19.8 Å². The monoisotopic (exact) mass is 535 g/mol. The van der Waals surface area contributed by atoms with Gasteiger partial charge in [-0.1, -0.05) is 0 Å². The predicted molar refractivity (Wildman–Crippen MR) is 151 cm³/mol. The number of aromatic amines is 2. The van der Waals surface area contributed by atoms with Crippen LogP contribution in [0.25, 0.3) is 55.7 Å². The standard InChI is InChI=1S/C30H26FN7O2/c1-39-21-9-17(8-19(31)11-21)29-23-13-27(36-25(23)4-7-34-29)30-24-12-26(35-16-28(24)37-38-30)18-10-22(15-33-14-18)40-20-2-5-32-6-3-20/h4,7-16,20,32,36H,2-3,5-6H2,1H3,(H,37,38). The Labute approximate surface area is 228 Å². The van der Waals surface area contributed by atoms with Crippen LogP contribution in [0.15, 0.2) is 67.3 Å². The highest BCUT2D eigenvalue weighted by molar-refractivity contribution is 6.00. The van der Waals surface area contributed by atoms with Gasteiger partial charge in [-0.05, 0) is 62.3 Å². The molecule has 7 rings (SSSR count). The first kappa shape index (κ1) is 24.2. The maximum absolute atomic E-state index is 14.3. The molecule has 0 spiro atoms. The first-order valence-corrected chi connectivity index (χ1v) is 13.1. The third-order valence-corrected chi connectivity index (χ3v) is 7.23. The van der Waals surface area contributed by atoms with E-state index < -0.39 is 0 Å². The predicted octanol–water partition coefficient (Wildman–Crippen LogP) is 5.51. The van der Waals surface area contributed by atoms with Gasteiger partial charge in [0.25, 0.3) is 0 Å². The lowest BCUT2D eigenvalue weighted by atomic mass is 10.1. The molecule has 0 amide bonds. The number of nitrogens with zero attached hydrogens (tertiary/aromatic N) is 4. The van der Waals surface area contributed by atoms with Crippen molar-refractivity contribution in [3.63, 3.8) is 0 Å². The maximum Gasteiger partial charge on any atom is 0.138 e. The summed E-state index contributed by atoms with van der Waals surface area (Å²) in [5.41, 5.74) is 6.13. The van der Waals surface area contributed by atoms with E-state index in [9.17, 15) is 4.39 Å². The lowest BCUT2D eigenvalue weighted by molar-refractivity contribution is 0.162. The summed E-state index contributed by atoms with van der Waals surface area (Å²) in [4.78, 5) is 17.1. The lowest BCUT2D eigenvalue weighted by Gasteiger charge is -2.23. The summed E-state index contributed by atoms with van der Waals surface area (Å²) in [5, 5.41) is 12.8. The van der Waals surface area contributed by atoms with E-state index in [2.05, 4.69) is 35.5 Å².